The Morgan fingerprint density at radius 3 is 2.38 bits per heavy atom. The van der Waals surface area contributed by atoms with Gasteiger partial charge in [-0.3, -0.25) is 0 Å². The van der Waals surface area contributed by atoms with Crippen LogP contribution < -0.4 is 0 Å². The van der Waals surface area contributed by atoms with E-state index in [1.54, 1.807) is 0 Å². The summed E-state index contributed by atoms with van der Waals surface area (Å²) >= 11 is 0. The predicted molar refractivity (Wildman–Crippen MR) is 59.8 cm³/mol. The van der Waals surface area contributed by atoms with Crippen LogP contribution >= 0.6 is 0 Å². The van der Waals surface area contributed by atoms with Gasteiger partial charge in [0.15, 0.2) is 0 Å². The molecule has 1 unspecified atom stereocenters. The molecular weight excluding hydrogens is 156 g/mol. The van der Waals surface area contributed by atoms with Crippen molar-refractivity contribution in [3.05, 3.63) is 0 Å². The smallest absolute Gasteiger partial charge is 0.0331 e. The fraction of sp³-hybridized carbons (Fsp3) is 1.00. The van der Waals surface area contributed by atoms with Crippen LogP contribution in [0.25, 0.3) is 0 Å². The fourth-order valence-electron chi connectivity index (χ4n) is 1.86. The summed E-state index contributed by atoms with van der Waals surface area (Å²) in [5.74, 6) is 2.02. The van der Waals surface area contributed by atoms with Crippen molar-refractivity contribution in [2.45, 2.75) is 66.2 Å². The molecule has 0 aliphatic heterocycles. The SMILES string of the molecule is CCC(C)(C)C(C)CCCC1CC1. The summed E-state index contributed by atoms with van der Waals surface area (Å²) < 4.78 is 0. The van der Waals surface area contributed by atoms with Crippen molar-refractivity contribution in [3.63, 3.8) is 0 Å². The van der Waals surface area contributed by atoms with Crippen LogP contribution in [0, 0.1) is 17.3 Å². The van der Waals surface area contributed by atoms with Gasteiger partial charge in [0, 0.05) is 0 Å². The van der Waals surface area contributed by atoms with Gasteiger partial charge >= 0.3 is 0 Å². The van der Waals surface area contributed by atoms with Gasteiger partial charge in [0.05, 0.1) is 0 Å². The summed E-state index contributed by atoms with van der Waals surface area (Å²) in [5, 5.41) is 0. The molecule has 0 aromatic heterocycles. The molecule has 1 aliphatic rings. The minimum Gasteiger partial charge on any atom is -0.0649 e. The highest BCUT2D eigenvalue weighted by molar-refractivity contribution is 4.76. The van der Waals surface area contributed by atoms with Gasteiger partial charge in [-0.1, -0.05) is 66.2 Å². The third-order valence-corrected chi connectivity index (χ3v) is 4.19. The molecule has 0 nitrogen and oxygen atoms in total. The van der Waals surface area contributed by atoms with E-state index in [4.69, 9.17) is 0 Å². The summed E-state index contributed by atoms with van der Waals surface area (Å²) in [5.41, 5.74) is 0.559. The maximum Gasteiger partial charge on any atom is -0.0331 e. The number of hydrogen-bond acceptors (Lipinski definition) is 0. The van der Waals surface area contributed by atoms with Crippen molar-refractivity contribution in [3.8, 4) is 0 Å². The van der Waals surface area contributed by atoms with Gasteiger partial charge in [-0.2, -0.15) is 0 Å². The van der Waals surface area contributed by atoms with Crippen molar-refractivity contribution in [1.29, 1.82) is 0 Å². The average molecular weight is 182 g/mol. The molecule has 0 heteroatoms. The van der Waals surface area contributed by atoms with Crippen LogP contribution in [0.15, 0.2) is 0 Å². The summed E-state index contributed by atoms with van der Waals surface area (Å²) in [6, 6.07) is 0. The predicted octanol–water partition coefficient (Wildman–Crippen LogP) is 4.64. The van der Waals surface area contributed by atoms with E-state index < -0.39 is 0 Å². The third-order valence-electron chi connectivity index (χ3n) is 4.19. The van der Waals surface area contributed by atoms with Gasteiger partial charge < -0.3 is 0 Å². The number of rotatable bonds is 6. The average Bonchev–Trinajstić information content (AvgIpc) is 2.88. The van der Waals surface area contributed by atoms with Crippen LogP contribution in [0.4, 0.5) is 0 Å². The lowest BCUT2D eigenvalue weighted by atomic mass is 9.75. The third kappa shape index (κ3) is 3.70. The van der Waals surface area contributed by atoms with Gasteiger partial charge in [0.2, 0.25) is 0 Å². The molecule has 0 saturated heterocycles. The second kappa shape index (κ2) is 4.48. The van der Waals surface area contributed by atoms with Crippen molar-refractivity contribution in [2.75, 3.05) is 0 Å². The Morgan fingerprint density at radius 2 is 1.92 bits per heavy atom. The first-order chi connectivity index (χ1) is 6.06. The van der Waals surface area contributed by atoms with E-state index in [1.807, 2.05) is 0 Å². The van der Waals surface area contributed by atoms with Gasteiger partial charge in [-0.15, -0.1) is 0 Å². The van der Waals surface area contributed by atoms with Gasteiger partial charge in [-0.05, 0) is 17.3 Å². The van der Waals surface area contributed by atoms with E-state index in [-0.39, 0.29) is 0 Å². The summed E-state index contributed by atoms with van der Waals surface area (Å²) in [6.45, 7) is 9.57. The normalized spacial score (nSPS) is 20.3. The van der Waals surface area contributed by atoms with Crippen LogP contribution in [0.5, 0.6) is 0 Å². The first kappa shape index (κ1) is 11.1. The van der Waals surface area contributed by atoms with Crippen molar-refractivity contribution < 1.29 is 0 Å². The largest absolute Gasteiger partial charge is 0.0649 e. The molecule has 0 heterocycles. The molecule has 0 N–H and O–H groups in total. The van der Waals surface area contributed by atoms with Crippen molar-refractivity contribution in [2.24, 2.45) is 17.3 Å². The molecule has 1 saturated carbocycles. The molecule has 0 aromatic carbocycles. The Kier molecular flexibility index (Phi) is 3.82. The molecule has 78 valence electrons. The van der Waals surface area contributed by atoms with Crippen molar-refractivity contribution >= 4 is 0 Å². The first-order valence-corrected chi connectivity index (χ1v) is 6.06. The van der Waals surface area contributed by atoms with Crippen LogP contribution in [0.3, 0.4) is 0 Å². The first-order valence-electron chi connectivity index (χ1n) is 6.06. The van der Waals surface area contributed by atoms with Gasteiger partial charge in [0.1, 0.15) is 0 Å². The van der Waals surface area contributed by atoms with Crippen LogP contribution in [0.2, 0.25) is 0 Å². The molecular formula is C13H26. The molecule has 1 aliphatic carbocycles. The van der Waals surface area contributed by atoms with Gasteiger partial charge in [0.25, 0.3) is 0 Å². The molecule has 1 rings (SSSR count). The molecule has 0 bridgehead atoms. The standard InChI is InChI=1S/C13H26/c1-5-13(3,4)11(2)7-6-8-12-9-10-12/h11-12H,5-10H2,1-4H3. The minimum atomic E-state index is 0.559. The lowest BCUT2D eigenvalue weighted by Crippen LogP contribution is -2.20. The quantitative estimate of drug-likeness (QED) is 0.561. The summed E-state index contributed by atoms with van der Waals surface area (Å²) in [4.78, 5) is 0. The zero-order valence-electron chi connectivity index (χ0n) is 9.90. The van der Waals surface area contributed by atoms with E-state index in [9.17, 15) is 0 Å². The molecule has 1 fully saturated rings. The Bertz CT molecular complexity index is 142. The Hall–Kier alpha value is 0. The van der Waals surface area contributed by atoms with E-state index in [2.05, 4.69) is 27.7 Å². The van der Waals surface area contributed by atoms with Crippen LogP contribution in [-0.2, 0) is 0 Å². The highest BCUT2D eigenvalue weighted by Crippen LogP contribution is 2.37. The lowest BCUT2D eigenvalue weighted by molar-refractivity contribution is 0.204. The van der Waals surface area contributed by atoms with E-state index >= 15 is 0 Å². The monoisotopic (exact) mass is 182 g/mol. The second-order valence-electron chi connectivity index (χ2n) is 5.62. The molecule has 0 radical (unpaired) electrons. The number of hydrogen-bond donors (Lipinski definition) is 0. The molecule has 13 heavy (non-hydrogen) atoms. The topological polar surface area (TPSA) is 0 Å². The summed E-state index contributed by atoms with van der Waals surface area (Å²) in [6.07, 6.45) is 8.77. The Labute approximate surface area is 84.1 Å². The van der Waals surface area contributed by atoms with E-state index in [0.29, 0.717) is 5.41 Å². The fourth-order valence-corrected chi connectivity index (χ4v) is 1.86. The zero-order chi connectivity index (χ0) is 9.90. The van der Waals surface area contributed by atoms with Gasteiger partial charge in [-0.25, -0.2) is 0 Å². The molecule has 0 spiro atoms. The Balaban J connectivity index is 2.11. The molecule has 1 atom stereocenters. The van der Waals surface area contributed by atoms with Crippen LogP contribution in [0.1, 0.15) is 66.2 Å². The van der Waals surface area contributed by atoms with Crippen molar-refractivity contribution in [1.82, 2.24) is 0 Å². The lowest BCUT2D eigenvalue weighted by Gasteiger charge is -2.30. The Morgan fingerprint density at radius 1 is 1.31 bits per heavy atom. The maximum atomic E-state index is 2.43. The van der Waals surface area contributed by atoms with E-state index in [0.717, 1.165) is 11.8 Å². The highest BCUT2D eigenvalue weighted by atomic mass is 14.3. The second-order valence-corrected chi connectivity index (χ2v) is 5.62. The van der Waals surface area contributed by atoms with Crippen LogP contribution in [-0.4, -0.2) is 0 Å². The summed E-state index contributed by atoms with van der Waals surface area (Å²) in [7, 11) is 0. The highest BCUT2D eigenvalue weighted by Gasteiger charge is 2.25. The zero-order valence-corrected chi connectivity index (χ0v) is 9.90. The van der Waals surface area contributed by atoms with E-state index in [1.165, 1.54) is 38.5 Å². The molecule has 0 aromatic rings. The minimum absolute atomic E-state index is 0.559. The maximum absolute atomic E-state index is 2.43. The molecule has 0 amide bonds.